The molecule has 3 aliphatic rings. The Labute approximate surface area is 328 Å². The molecule has 0 saturated heterocycles. The van der Waals surface area contributed by atoms with Crippen LogP contribution >= 0.6 is 0 Å². The number of pyridine rings is 2. The molecule has 3 N–H and O–H groups in total. The second-order valence-corrected chi connectivity index (χ2v) is 16.2. The van der Waals surface area contributed by atoms with E-state index in [2.05, 4.69) is 35.5 Å². The van der Waals surface area contributed by atoms with Crippen molar-refractivity contribution in [1.29, 1.82) is 0 Å². The van der Waals surface area contributed by atoms with Gasteiger partial charge in [-0.15, -0.1) is 10.2 Å². The van der Waals surface area contributed by atoms with Gasteiger partial charge in [-0.1, -0.05) is 54.6 Å². The number of sulfonamides is 1. The first-order valence-corrected chi connectivity index (χ1v) is 20.5. The number of hydrogen-bond acceptors (Lipinski definition) is 9. The maximum atomic E-state index is 12.3. The van der Waals surface area contributed by atoms with Gasteiger partial charge >= 0.3 is 0 Å². The van der Waals surface area contributed by atoms with Crippen molar-refractivity contribution in [3.05, 3.63) is 121 Å². The van der Waals surface area contributed by atoms with E-state index in [9.17, 15) is 18.0 Å². The number of carbonyl (C=O) groups excluding carboxylic acids is 2. The Morgan fingerprint density at radius 2 is 1.12 bits per heavy atom. The molecular formula is C42H39N9O5S. The zero-order valence-corrected chi connectivity index (χ0v) is 31.6. The average Bonchev–Trinajstić information content (AvgIpc) is 4.13. The van der Waals surface area contributed by atoms with Gasteiger partial charge in [-0.3, -0.25) is 20.2 Å². The fraction of sp³-hybridized carbons (Fsp3) is 0.238. The molecule has 0 bridgehead atoms. The number of nitrogens with zero attached hydrogens (tertiary/aromatic N) is 6. The molecule has 0 radical (unpaired) electrons. The summed E-state index contributed by atoms with van der Waals surface area (Å²) < 4.78 is 36.6. The molecule has 15 heteroatoms. The summed E-state index contributed by atoms with van der Waals surface area (Å²) in [6, 6.07) is 36.0. The minimum absolute atomic E-state index is 0.00220. The Kier molecular flexibility index (Phi) is 9.68. The van der Waals surface area contributed by atoms with Crippen LogP contribution in [0.2, 0.25) is 0 Å². The lowest BCUT2D eigenvalue weighted by Gasteiger charge is -2.08. The molecule has 4 aromatic heterocycles. The van der Waals surface area contributed by atoms with Gasteiger partial charge in [-0.05, 0) is 105 Å². The quantitative estimate of drug-likeness (QED) is 0.125. The van der Waals surface area contributed by atoms with Crippen molar-refractivity contribution in [2.75, 3.05) is 10.6 Å². The van der Waals surface area contributed by atoms with Crippen LogP contribution in [0.5, 0.6) is 5.75 Å². The van der Waals surface area contributed by atoms with Gasteiger partial charge in [-0.2, -0.15) is 9.97 Å². The van der Waals surface area contributed by atoms with Crippen LogP contribution in [0.1, 0.15) is 44.1 Å². The maximum Gasteiger partial charge on any atom is 0.249 e. The van der Waals surface area contributed by atoms with Crippen molar-refractivity contribution in [2.45, 2.75) is 56.1 Å². The van der Waals surface area contributed by atoms with E-state index in [0.29, 0.717) is 23.8 Å². The molecule has 0 unspecified atom stereocenters. The number of amides is 2. The third kappa shape index (κ3) is 8.54. The van der Waals surface area contributed by atoms with Crippen molar-refractivity contribution >= 4 is 45.0 Å². The number of carbonyl (C=O) groups is 2. The molecule has 3 aliphatic carbocycles. The topological polar surface area (TPSA) is 174 Å². The SMILES string of the molecule is O=C(Nc1nc2cccc(-c3ccc(OCc4ccccc4)cc3)n2n1)C1CC1.O=C(Nc1nc2cccc(-c3ccc(S(=O)(=O)NC4CC4)cc3)n2n1)C1CC1. The maximum absolute atomic E-state index is 12.3. The average molecular weight is 782 g/mol. The molecule has 10 rings (SSSR count). The Hall–Kier alpha value is -6.45. The molecule has 0 atom stereocenters. The molecule has 14 nitrogen and oxygen atoms in total. The van der Waals surface area contributed by atoms with Crippen LogP contribution in [-0.2, 0) is 26.2 Å². The van der Waals surface area contributed by atoms with E-state index in [4.69, 9.17) is 4.74 Å². The summed E-state index contributed by atoms with van der Waals surface area (Å²) in [4.78, 5) is 33.0. The molecule has 0 aliphatic heterocycles. The monoisotopic (exact) mass is 781 g/mol. The normalized spacial score (nSPS) is 15.2. The van der Waals surface area contributed by atoms with Gasteiger partial charge in [0.1, 0.15) is 12.4 Å². The van der Waals surface area contributed by atoms with Crippen LogP contribution in [0, 0.1) is 11.8 Å². The summed E-state index contributed by atoms with van der Waals surface area (Å²) in [6.07, 6.45) is 5.51. The van der Waals surface area contributed by atoms with Crippen molar-refractivity contribution in [1.82, 2.24) is 33.9 Å². The first kappa shape index (κ1) is 36.2. The predicted octanol–water partition coefficient (Wildman–Crippen LogP) is 6.51. The molecule has 4 heterocycles. The number of fused-ring (bicyclic) bond motifs is 2. The molecule has 3 saturated carbocycles. The van der Waals surface area contributed by atoms with E-state index in [1.54, 1.807) is 33.3 Å². The van der Waals surface area contributed by atoms with Crippen LogP contribution in [0.4, 0.5) is 11.9 Å². The van der Waals surface area contributed by atoms with E-state index in [1.807, 2.05) is 91.0 Å². The molecule has 3 aromatic carbocycles. The summed E-state index contributed by atoms with van der Waals surface area (Å²) in [6.45, 7) is 0.531. The fourth-order valence-corrected chi connectivity index (χ4v) is 7.53. The zero-order valence-electron chi connectivity index (χ0n) is 30.8. The highest BCUT2D eigenvalue weighted by molar-refractivity contribution is 7.89. The summed E-state index contributed by atoms with van der Waals surface area (Å²) in [5.74, 6) is 1.57. The number of rotatable bonds is 12. The number of nitrogens with one attached hydrogen (secondary N) is 3. The van der Waals surface area contributed by atoms with Gasteiger partial charge < -0.3 is 4.74 Å². The predicted molar refractivity (Wildman–Crippen MR) is 214 cm³/mol. The summed E-state index contributed by atoms with van der Waals surface area (Å²) in [5, 5.41) is 14.4. The van der Waals surface area contributed by atoms with Crippen molar-refractivity contribution in [3.63, 3.8) is 0 Å². The van der Waals surface area contributed by atoms with E-state index in [0.717, 1.165) is 72.4 Å². The molecular weight excluding hydrogens is 743 g/mol. The summed E-state index contributed by atoms with van der Waals surface area (Å²) >= 11 is 0. The van der Waals surface area contributed by atoms with E-state index >= 15 is 0 Å². The van der Waals surface area contributed by atoms with Gasteiger partial charge in [-0.25, -0.2) is 22.2 Å². The van der Waals surface area contributed by atoms with E-state index in [1.165, 1.54) is 0 Å². The van der Waals surface area contributed by atoms with Gasteiger partial charge in [0, 0.05) is 29.0 Å². The molecule has 288 valence electrons. The smallest absolute Gasteiger partial charge is 0.249 e. The van der Waals surface area contributed by atoms with Gasteiger partial charge in [0.05, 0.1) is 16.3 Å². The number of ether oxygens (including phenoxy) is 1. The Balaban J connectivity index is 0.000000148. The zero-order chi connectivity index (χ0) is 38.9. The number of benzene rings is 3. The number of hydrogen-bond donors (Lipinski definition) is 3. The second kappa shape index (κ2) is 15.2. The molecule has 0 spiro atoms. The van der Waals surface area contributed by atoms with Crippen LogP contribution < -0.4 is 20.1 Å². The molecule has 2 amide bonds. The van der Waals surface area contributed by atoms with Gasteiger partial charge in [0.15, 0.2) is 11.3 Å². The molecule has 57 heavy (non-hydrogen) atoms. The van der Waals surface area contributed by atoms with E-state index < -0.39 is 10.0 Å². The fourth-order valence-electron chi connectivity index (χ4n) is 6.23. The van der Waals surface area contributed by atoms with Crippen LogP contribution in [0.3, 0.4) is 0 Å². The lowest BCUT2D eigenvalue weighted by Crippen LogP contribution is -2.25. The Morgan fingerprint density at radius 3 is 1.61 bits per heavy atom. The third-order valence-corrected chi connectivity index (χ3v) is 11.4. The molecule has 7 aromatic rings. The van der Waals surface area contributed by atoms with Crippen molar-refractivity contribution < 1.29 is 22.7 Å². The van der Waals surface area contributed by atoms with Crippen LogP contribution in [0.15, 0.2) is 120 Å². The Bertz CT molecular complexity index is 2690. The minimum Gasteiger partial charge on any atom is -0.489 e. The highest BCUT2D eigenvalue weighted by Crippen LogP contribution is 2.31. The lowest BCUT2D eigenvalue weighted by atomic mass is 10.1. The van der Waals surface area contributed by atoms with Crippen LogP contribution in [0.25, 0.3) is 33.8 Å². The minimum atomic E-state index is -3.48. The number of anilines is 2. The van der Waals surface area contributed by atoms with Gasteiger partial charge in [0.25, 0.3) is 0 Å². The first-order chi connectivity index (χ1) is 27.8. The van der Waals surface area contributed by atoms with Crippen molar-refractivity contribution in [3.8, 4) is 28.3 Å². The Morgan fingerprint density at radius 1 is 0.614 bits per heavy atom. The van der Waals surface area contributed by atoms with Gasteiger partial charge in [0.2, 0.25) is 33.7 Å². The largest absolute Gasteiger partial charge is 0.489 e. The summed E-state index contributed by atoms with van der Waals surface area (Å²) in [5.41, 5.74) is 5.89. The second-order valence-electron chi connectivity index (χ2n) is 14.5. The summed E-state index contributed by atoms with van der Waals surface area (Å²) in [7, 11) is -3.48. The highest BCUT2D eigenvalue weighted by Gasteiger charge is 2.31. The highest BCUT2D eigenvalue weighted by atomic mass is 32.2. The van der Waals surface area contributed by atoms with Crippen LogP contribution in [-0.4, -0.2) is 55.5 Å². The van der Waals surface area contributed by atoms with E-state index in [-0.39, 0.29) is 40.5 Å². The lowest BCUT2D eigenvalue weighted by molar-refractivity contribution is -0.118. The first-order valence-electron chi connectivity index (χ1n) is 19.0. The third-order valence-electron chi connectivity index (χ3n) is 9.84. The van der Waals surface area contributed by atoms with Crippen molar-refractivity contribution in [2.24, 2.45) is 11.8 Å². The standard InChI is InChI=1S/C23H20N4O2.C19H19N5O3S/c28-22(18-9-10-18)25-23-24-21-8-4-7-20(27(21)26-23)17-11-13-19(14-12-17)29-15-16-5-2-1-3-6-16;25-18(13-4-5-13)21-19-20-17-3-1-2-16(24(17)22-19)12-6-10-15(11-7-12)28(26,27)23-14-8-9-14/h1-8,11-14,18H,9-10,15H2,(H,25,26,28);1-3,6-7,10-11,13-14,23H,4-5,8-9H2,(H,21,22,25). The molecule has 3 fully saturated rings. The number of aromatic nitrogens is 6.